The first-order chi connectivity index (χ1) is 10.5. The third-order valence-electron chi connectivity index (χ3n) is 4.42. The Hall–Kier alpha value is -0.570. The number of rotatable bonds is 16. The van der Waals surface area contributed by atoms with Crippen molar-refractivity contribution in [3.8, 4) is 0 Å². The fourth-order valence-electron chi connectivity index (χ4n) is 2.90. The fraction of sp³-hybridized carbons (Fsp3) is 0.947. The van der Waals surface area contributed by atoms with Crippen LogP contribution < -0.4 is 0 Å². The zero-order chi connectivity index (χ0) is 16.7. The molecule has 0 aliphatic heterocycles. The zero-order valence-electron chi connectivity index (χ0n) is 14.9. The van der Waals surface area contributed by atoms with Crippen molar-refractivity contribution in [3.63, 3.8) is 0 Å². The van der Waals surface area contributed by atoms with Gasteiger partial charge in [-0.1, -0.05) is 77.6 Å². The molecule has 0 saturated heterocycles. The third kappa shape index (κ3) is 15.8. The van der Waals surface area contributed by atoms with E-state index in [0.29, 0.717) is 6.42 Å². The molecule has 1 atom stereocenters. The molecule has 2 N–H and O–H groups in total. The summed E-state index contributed by atoms with van der Waals surface area (Å²) in [5, 5.41) is 18.8. The summed E-state index contributed by atoms with van der Waals surface area (Å²) in [6.07, 6.45) is 16.4. The molecule has 0 aliphatic rings. The Morgan fingerprint density at radius 1 is 0.773 bits per heavy atom. The second-order valence-corrected chi connectivity index (χ2v) is 7.03. The lowest BCUT2D eigenvalue weighted by Gasteiger charge is -2.23. The Labute approximate surface area is 137 Å². The van der Waals surface area contributed by atoms with Gasteiger partial charge in [0.15, 0.2) is 0 Å². The molecule has 0 aromatic rings. The number of carboxylic acids is 1. The topological polar surface area (TPSA) is 57.5 Å². The Bertz CT molecular complexity index is 261. The van der Waals surface area contributed by atoms with Crippen LogP contribution in [-0.2, 0) is 4.79 Å². The Morgan fingerprint density at radius 3 is 1.64 bits per heavy atom. The van der Waals surface area contributed by atoms with Crippen molar-refractivity contribution in [1.29, 1.82) is 0 Å². The molecule has 3 heteroatoms. The highest BCUT2D eigenvalue weighted by atomic mass is 16.4. The van der Waals surface area contributed by atoms with E-state index >= 15 is 0 Å². The van der Waals surface area contributed by atoms with Crippen molar-refractivity contribution >= 4 is 5.97 Å². The van der Waals surface area contributed by atoms with E-state index in [0.717, 1.165) is 25.7 Å². The Kier molecular flexibility index (Phi) is 13.7. The molecule has 132 valence electrons. The number of carbonyl (C=O) groups is 1. The van der Waals surface area contributed by atoms with Crippen LogP contribution in [0.15, 0.2) is 0 Å². The predicted molar refractivity (Wildman–Crippen MR) is 93.2 cm³/mol. The second-order valence-electron chi connectivity index (χ2n) is 7.03. The summed E-state index contributed by atoms with van der Waals surface area (Å²) >= 11 is 0. The largest absolute Gasteiger partial charge is 0.481 e. The molecule has 0 spiro atoms. The highest BCUT2D eigenvalue weighted by Crippen LogP contribution is 2.22. The van der Waals surface area contributed by atoms with E-state index in [-0.39, 0.29) is 6.42 Å². The molecule has 0 radical (unpaired) electrons. The van der Waals surface area contributed by atoms with E-state index < -0.39 is 11.6 Å². The van der Waals surface area contributed by atoms with Crippen molar-refractivity contribution < 1.29 is 15.0 Å². The maximum atomic E-state index is 10.4. The number of carboxylic acid groups (broad SMARTS) is 1. The van der Waals surface area contributed by atoms with Gasteiger partial charge in [-0.2, -0.15) is 0 Å². The average Bonchev–Trinajstić information content (AvgIpc) is 2.45. The summed E-state index contributed by atoms with van der Waals surface area (Å²) < 4.78 is 0. The van der Waals surface area contributed by atoms with Crippen molar-refractivity contribution in [3.05, 3.63) is 0 Å². The van der Waals surface area contributed by atoms with Crippen LogP contribution in [0, 0.1) is 0 Å². The minimum Gasteiger partial charge on any atom is -0.481 e. The van der Waals surface area contributed by atoms with Crippen LogP contribution in [0.5, 0.6) is 0 Å². The van der Waals surface area contributed by atoms with Gasteiger partial charge < -0.3 is 10.2 Å². The molecule has 0 amide bonds. The van der Waals surface area contributed by atoms with E-state index in [9.17, 15) is 9.90 Å². The molecule has 0 aliphatic carbocycles. The molecule has 0 heterocycles. The summed E-state index contributed by atoms with van der Waals surface area (Å²) in [6, 6.07) is 0. The Balaban J connectivity index is 3.35. The van der Waals surface area contributed by atoms with Gasteiger partial charge >= 0.3 is 5.97 Å². The molecular weight excluding hydrogens is 276 g/mol. The number of unbranched alkanes of at least 4 members (excludes halogenated alkanes) is 10. The molecule has 22 heavy (non-hydrogen) atoms. The molecule has 0 aromatic heterocycles. The fourth-order valence-corrected chi connectivity index (χ4v) is 2.90. The van der Waals surface area contributed by atoms with Crippen LogP contribution in [0.1, 0.15) is 110 Å². The smallest absolute Gasteiger partial charge is 0.303 e. The normalized spacial score (nSPS) is 14.0. The Morgan fingerprint density at radius 2 is 1.18 bits per heavy atom. The predicted octanol–water partition coefficient (Wildman–Crippen LogP) is 5.69. The van der Waals surface area contributed by atoms with Gasteiger partial charge in [0.2, 0.25) is 0 Å². The van der Waals surface area contributed by atoms with E-state index in [1.54, 1.807) is 0 Å². The summed E-state index contributed by atoms with van der Waals surface area (Å²) in [4.78, 5) is 10.4. The van der Waals surface area contributed by atoms with Gasteiger partial charge in [0.05, 0.1) is 5.60 Å². The van der Waals surface area contributed by atoms with Crippen LogP contribution in [0.3, 0.4) is 0 Å². The van der Waals surface area contributed by atoms with Gasteiger partial charge in [0.25, 0.3) is 0 Å². The van der Waals surface area contributed by atoms with Gasteiger partial charge in [-0.15, -0.1) is 0 Å². The first-order valence-corrected chi connectivity index (χ1v) is 9.42. The van der Waals surface area contributed by atoms with Crippen LogP contribution in [-0.4, -0.2) is 21.8 Å². The monoisotopic (exact) mass is 314 g/mol. The van der Waals surface area contributed by atoms with Crippen molar-refractivity contribution in [1.82, 2.24) is 0 Å². The second kappa shape index (κ2) is 14.0. The van der Waals surface area contributed by atoms with Gasteiger partial charge in [-0.05, 0) is 26.2 Å². The average molecular weight is 315 g/mol. The summed E-state index contributed by atoms with van der Waals surface area (Å²) in [7, 11) is 0. The number of hydrogen-bond acceptors (Lipinski definition) is 2. The number of aliphatic carboxylic acids is 1. The van der Waals surface area contributed by atoms with Gasteiger partial charge in [0.1, 0.15) is 0 Å². The molecule has 0 bridgehead atoms. The van der Waals surface area contributed by atoms with Crippen molar-refractivity contribution in [2.75, 3.05) is 0 Å². The maximum absolute atomic E-state index is 10.4. The minimum atomic E-state index is -0.741. The summed E-state index contributed by atoms with van der Waals surface area (Å²) in [5.74, 6) is -0.741. The van der Waals surface area contributed by atoms with E-state index in [1.807, 2.05) is 6.92 Å². The SMILES string of the molecule is CCCCCCCCCCCCC(C)(O)CCCCC(=O)O. The molecular formula is C19H38O3. The first-order valence-electron chi connectivity index (χ1n) is 9.42. The zero-order valence-corrected chi connectivity index (χ0v) is 14.9. The van der Waals surface area contributed by atoms with Crippen LogP contribution >= 0.6 is 0 Å². The van der Waals surface area contributed by atoms with Crippen LogP contribution in [0.25, 0.3) is 0 Å². The lowest BCUT2D eigenvalue weighted by atomic mass is 9.92. The number of aliphatic hydroxyl groups is 1. The van der Waals surface area contributed by atoms with Gasteiger partial charge in [-0.25, -0.2) is 0 Å². The number of hydrogen-bond donors (Lipinski definition) is 2. The first kappa shape index (κ1) is 21.4. The third-order valence-corrected chi connectivity index (χ3v) is 4.42. The van der Waals surface area contributed by atoms with E-state index in [1.165, 1.54) is 57.8 Å². The molecule has 0 saturated carbocycles. The highest BCUT2D eigenvalue weighted by molar-refractivity contribution is 5.66. The summed E-state index contributed by atoms with van der Waals surface area (Å²) in [5.41, 5.74) is -0.612. The maximum Gasteiger partial charge on any atom is 0.303 e. The molecule has 0 aromatic carbocycles. The molecule has 0 rings (SSSR count). The van der Waals surface area contributed by atoms with Crippen molar-refractivity contribution in [2.24, 2.45) is 0 Å². The standard InChI is InChI=1S/C19H38O3/c1-3-4-5-6-7-8-9-10-11-13-16-19(2,22)17-14-12-15-18(20)21/h22H,3-17H2,1-2H3,(H,20,21). The quantitative estimate of drug-likeness (QED) is 0.360. The highest BCUT2D eigenvalue weighted by Gasteiger charge is 2.19. The van der Waals surface area contributed by atoms with E-state index in [4.69, 9.17) is 5.11 Å². The van der Waals surface area contributed by atoms with Crippen LogP contribution in [0.2, 0.25) is 0 Å². The van der Waals surface area contributed by atoms with E-state index in [2.05, 4.69) is 6.92 Å². The lowest BCUT2D eigenvalue weighted by molar-refractivity contribution is -0.137. The molecule has 3 nitrogen and oxygen atoms in total. The minimum absolute atomic E-state index is 0.217. The lowest BCUT2D eigenvalue weighted by Crippen LogP contribution is -2.23. The molecule has 1 unspecified atom stereocenters. The van der Waals surface area contributed by atoms with Crippen molar-refractivity contribution in [2.45, 2.75) is 116 Å². The summed E-state index contributed by atoms with van der Waals surface area (Å²) in [6.45, 7) is 4.14. The van der Waals surface area contributed by atoms with Gasteiger partial charge in [-0.3, -0.25) is 4.79 Å². The molecule has 0 fully saturated rings. The van der Waals surface area contributed by atoms with Crippen LogP contribution in [0.4, 0.5) is 0 Å². The van der Waals surface area contributed by atoms with Gasteiger partial charge in [0, 0.05) is 6.42 Å².